The fourth-order valence-corrected chi connectivity index (χ4v) is 5.19. The summed E-state index contributed by atoms with van der Waals surface area (Å²) in [6.07, 6.45) is 7.24. The highest BCUT2D eigenvalue weighted by molar-refractivity contribution is 6.66. The lowest BCUT2D eigenvalue weighted by molar-refractivity contribution is -0.134. The summed E-state index contributed by atoms with van der Waals surface area (Å²) in [7, 11) is 0. The van der Waals surface area contributed by atoms with Crippen molar-refractivity contribution in [2.75, 3.05) is 32.8 Å². The number of piperidine rings is 1. The number of alkyl halides is 3. The van der Waals surface area contributed by atoms with E-state index in [2.05, 4.69) is 6.08 Å². The third-order valence-corrected chi connectivity index (χ3v) is 7.26. The minimum absolute atomic E-state index is 0.0416. The van der Waals surface area contributed by atoms with E-state index in [9.17, 15) is 14.0 Å². The van der Waals surface area contributed by atoms with Gasteiger partial charge in [0.1, 0.15) is 0 Å². The molecule has 192 valence electrons. The van der Waals surface area contributed by atoms with Gasteiger partial charge >= 0.3 is 10.1 Å². The molecule has 4 rings (SSSR count). The van der Waals surface area contributed by atoms with Gasteiger partial charge in [-0.25, -0.2) is 9.18 Å². The maximum atomic E-state index is 14.8. The molecule has 2 aliphatic heterocycles. The van der Waals surface area contributed by atoms with E-state index in [0.717, 1.165) is 49.9 Å². The topological polar surface area (TPSA) is 59.1 Å². The van der Waals surface area contributed by atoms with Crippen molar-refractivity contribution in [1.82, 2.24) is 9.80 Å². The third-order valence-electron chi connectivity index (χ3n) is 7.03. The molecular formula is C25H30Cl3FN2O4. The van der Waals surface area contributed by atoms with Crippen molar-refractivity contribution < 1.29 is 23.5 Å². The van der Waals surface area contributed by atoms with Crippen molar-refractivity contribution >= 4 is 52.4 Å². The zero-order valence-corrected chi connectivity index (χ0v) is 21.8. The first-order valence-corrected chi connectivity index (χ1v) is 13.3. The van der Waals surface area contributed by atoms with Crippen LogP contribution in [0.15, 0.2) is 24.3 Å². The maximum Gasteiger partial charge on any atom is 0.413 e. The minimum Gasteiger partial charge on any atom is -0.490 e. The SMILES string of the molecule is O=C(OC(Cl)(Cl)Cl)N1CCC(COc2ccc(C3=CCC(C(=O)N4CCCC4)CC3)cc2F)CC1. The number of benzene rings is 1. The van der Waals surface area contributed by atoms with E-state index < -0.39 is 15.9 Å². The largest absolute Gasteiger partial charge is 0.490 e. The third kappa shape index (κ3) is 7.17. The minimum atomic E-state index is -2.08. The Balaban J connectivity index is 1.25. The van der Waals surface area contributed by atoms with E-state index in [0.29, 0.717) is 39.0 Å². The molecule has 0 bridgehead atoms. The number of nitrogens with zero attached hydrogens (tertiary/aromatic N) is 2. The van der Waals surface area contributed by atoms with Crippen LogP contribution in [0, 0.1) is 17.7 Å². The predicted octanol–water partition coefficient (Wildman–Crippen LogP) is 6.19. The maximum absolute atomic E-state index is 14.8. The van der Waals surface area contributed by atoms with Crippen LogP contribution in [-0.4, -0.2) is 58.6 Å². The second-order valence-electron chi connectivity index (χ2n) is 9.43. The Morgan fingerprint density at radius 3 is 2.34 bits per heavy atom. The van der Waals surface area contributed by atoms with Crippen LogP contribution >= 0.6 is 34.8 Å². The fourth-order valence-electron chi connectivity index (χ4n) is 4.99. The van der Waals surface area contributed by atoms with Gasteiger partial charge in [0, 0.05) is 32.1 Å². The van der Waals surface area contributed by atoms with Gasteiger partial charge in [-0.05, 0) is 109 Å². The number of rotatable bonds is 5. The molecule has 10 heteroatoms. The Morgan fingerprint density at radius 2 is 1.74 bits per heavy atom. The Bertz CT molecular complexity index is 955. The molecule has 0 radical (unpaired) electrons. The number of likely N-dealkylation sites (tertiary alicyclic amines) is 2. The highest BCUT2D eigenvalue weighted by Gasteiger charge is 2.31. The van der Waals surface area contributed by atoms with Gasteiger partial charge in [-0.1, -0.05) is 12.1 Å². The van der Waals surface area contributed by atoms with Gasteiger partial charge in [-0.15, -0.1) is 0 Å². The molecule has 2 amide bonds. The second kappa shape index (κ2) is 11.6. The first-order valence-electron chi connectivity index (χ1n) is 12.1. The molecule has 1 aromatic rings. The van der Waals surface area contributed by atoms with Crippen LogP contribution in [-0.2, 0) is 9.53 Å². The van der Waals surface area contributed by atoms with Gasteiger partial charge in [0.2, 0.25) is 5.91 Å². The summed E-state index contributed by atoms with van der Waals surface area (Å²) >= 11 is 16.5. The number of ether oxygens (including phenoxy) is 2. The van der Waals surface area contributed by atoms with Crippen LogP contribution in [0.3, 0.4) is 0 Å². The van der Waals surface area contributed by atoms with Crippen LogP contribution in [0.1, 0.15) is 50.5 Å². The average Bonchev–Trinajstić information content (AvgIpc) is 3.37. The number of allylic oxidation sites excluding steroid dienone is 2. The van der Waals surface area contributed by atoms with E-state index in [1.165, 1.54) is 11.0 Å². The van der Waals surface area contributed by atoms with Gasteiger partial charge in [-0.2, -0.15) is 0 Å². The molecular weight excluding hydrogens is 518 g/mol. The summed E-state index contributed by atoms with van der Waals surface area (Å²) < 4.78 is 23.2. The predicted molar refractivity (Wildman–Crippen MR) is 134 cm³/mol. The number of carbonyl (C=O) groups excluding carboxylic acids is 2. The van der Waals surface area contributed by atoms with Crippen molar-refractivity contribution in [3.63, 3.8) is 0 Å². The number of hydrogen-bond donors (Lipinski definition) is 0. The molecule has 1 unspecified atom stereocenters. The zero-order valence-electron chi connectivity index (χ0n) is 19.5. The van der Waals surface area contributed by atoms with Gasteiger partial charge in [0.05, 0.1) is 6.61 Å². The molecule has 3 aliphatic rings. The van der Waals surface area contributed by atoms with Crippen LogP contribution < -0.4 is 4.74 Å². The van der Waals surface area contributed by atoms with Gasteiger partial charge < -0.3 is 19.3 Å². The number of carbonyl (C=O) groups is 2. The summed E-state index contributed by atoms with van der Waals surface area (Å²) in [5.41, 5.74) is 1.91. The standard InChI is InChI=1S/C25H30Cl3FN2O4/c26-25(27,28)35-24(33)31-13-9-17(10-14-31)16-34-22-8-7-20(15-21(22)29)18-3-5-19(6-4-18)23(32)30-11-1-2-12-30/h3,7-8,15,17,19H,1-2,4-6,9-14,16H2. The molecule has 2 heterocycles. The van der Waals surface area contributed by atoms with Crippen LogP contribution in [0.5, 0.6) is 5.75 Å². The van der Waals surface area contributed by atoms with Crippen molar-refractivity contribution in [3.8, 4) is 5.75 Å². The van der Waals surface area contributed by atoms with Crippen molar-refractivity contribution in [3.05, 3.63) is 35.7 Å². The van der Waals surface area contributed by atoms with E-state index in [4.69, 9.17) is 44.3 Å². The Kier molecular flexibility index (Phi) is 8.71. The number of amides is 2. The lowest BCUT2D eigenvalue weighted by Gasteiger charge is -2.32. The molecule has 0 N–H and O–H groups in total. The number of halogens is 4. The summed E-state index contributed by atoms with van der Waals surface area (Å²) in [4.78, 5) is 28.1. The molecule has 2 fully saturated rings. The molecule has 1 aromatic carbocycles. The molecule has 2 saturated heterocycles. The molecule has 6 nitrogen and oxygen atoms in total. The highest BCUT2D eigenvalue weighted by Crippen LogP contribution is 2.34. The lowest BCUT2D eigenvalue weighted by atomic mass is 9.86. The van der Waals surface area contributed by atoms with Crippen molar-refractivity contribution in [2.45, 2.75) is 48.9 Å². The van der Waals surface area contributed by atoms with Gasteiger partial charge in [0.15, 0.2) is 11.6 Å². The summed E-state index contributed by atoms with van der Waals surface area (Å²) in [6.45, 7) is 3.00. The van der Waals surface area contributed by atoms with Crippen LogP contribution in [0.4, 0.5) is 9.18 Å². The highest BCUT2D eigenvalue weighted by atomic mass is 35.6. The first kappa shape index (κ1) is 26.4. The zero-order chi connectivity index (χ0) is 25.0. The van der Waals surface area contributed by atoms with E-state index in [1.807, 2.05) is 11.0 Å². The van der Waals surface area contributed by atoms with E-state index >= 15 is 0 Å². The average molecular weight is 548 g/mol. The lowest BCUT2D eigenvalue weighted by Crippen LogP contribution is -2.41. The Labute approximate surface area is 220 Å². The van der Waals surface area contributed by atoms with E-state index in [-0.39, 0.29) is 23.5 Å². The van der Waals surface area contributed by atoms with Crippen LogP contribution in [0.2, 0.25) is 0 Å². The smallest absolute Gasteiger partial charge is 0.413 e. The molecule has 0 aromatic heterocycles. The van der Waals surface area contributed by atoms with E-state index in [1.54, 1.807) is 6.07 Å². The number of hydrogen-bond acceptors (Lipinski definition) is 4. The molecule has 35 heavy (non-hydrogen) atoms. The molecule has 0 saturated carbocycles. The summed E-state index contributed by atoms with van der Waals surface area (Å²) in [5, 5.41) is 0. The monoisotopic (exact) mass is 546 g/mol. The van der Waals surface area contributed by atoms with Crippen molar-refractivity contribution in [2.24, 2.45) is 11.8 Å². The quantitative estimate of drug-likeness (QED) is 0.413. The fraction of sp³-hybridized carbons (Fsp3) is 0.600. The van der Waals surface area contributed by atoms with Gasteiger partial charge in [-0.3, -0.25) is 4.79 Å². The molecule has 0 spiro atoms. The Morgan fingerprint density at radius 1 is 1.03 bits per heavy atom. The Hall–Kier alpha value is -1.70. The normalized spacial score (nSPS) is 21.6. The van der Waals surface area contributed by atoms with Crippen molar-refractivity contribution in [1.29, 1.82) is 0 Å². The summed E-state index contributed by atoms with van der Waals surface area (Å²) in [6, 6.07) is 5.06. The molecule has 1 atom stereocenters. The van der Waals surface area contributed by atoms with Gasteiger partial charge in [0.25, 0.3) is 0 Å². The molecule has 1 aliphatic carbocycles. The van der Waals surface area contributed by atoms with Crippen LogP contribution in [0.25, 0.3) is 5.57 Å². The first-order chi connectivity index (χ1) is 16.7. The summed E-state index contributed by atoms with van der Waals surface area (Å²) in [5.74, 6) is 0.297. The second-order valence-corrected chi connectivity index (χ2v) is 11.6.